The van der Waals surface area contributed by atoms with Crippen molar-refractivity contribution in [1.29, 1.82) is 0 Å². The molecule has 0 saturated carbocycles. The van der Waals surface area contributed by atoms with Crippen LogP contribution in [0.5, 0.6) is 5.75 Å². The number of rotatable bonds is 4. The summed E-state index contributed by atoms with van der Waals surface area (Å²) in [6.45, 7) is 7.08. The lowest BCUT2D eigenvalue weighted by Crippen LogP contribution is -2.21. The highest BCUT2D eigenvalue weighted by atomic mass is 16.5. The average molecular weight is 208 g/mol. The number of aryl methyl sites for hydroxylation is 1. The summed E-state index contributed by atoms with van der Waals surface area (Å²) in [4.78, 5) is 0. The van der Waals surface area contributed by atoms with Gasteiger partial charge in [-0.05, 0) is 35.6 Å². The summed E-state index contributed by atoms with van der Waals surface area (Å²) in [5.74, 6) is 6.76. The van der Waals surface area contributed by atoms with Gasteiger partial charge in [0, 0.05) is 6.54 Å². The minimum atomic E-state index is 0.456. The van der Waals surface area contributed by atoms with E-state index in [1.54, 1.807) is 7.11 Å². The fourth-order valence-corrected chi connectivity index (χ4v) is 1.67. The van der Waals surface area contributed by atoms with Gasteiger partial charge in [0.1, 0.15) is 5.75 Å². The van der Waals surface area contributed by atoms with E-state index in [1.165, 1.54) is 16.7 Å². The highest BCUT2D eigenvalue weighted by molar-refractivity contribution is 5.43. The molecular weight excluding hydrogens is 188 g/mol. The predicted octanol–water partition coefficient (Wildman–Crippen LogP) is 2.09. The van der Waals surface area contributed by atoms with Crippen LogP contribution in [0.4, 0.5) is 0 Å². The molecular formula is C12H20N2O. The van der Waals surface area contributed by atoms with Crippen molar-refractivity contribution in [2.75, 3.05) is 7.11 Å². The number of hydrogen-bond donors (Lipinski definition) is 2. The zero-order valence-electron chi connectivity index (χ0n) is 9.92. The molecule has 1 aromatic rings. The standard InChI is InChI=1S/C12H20N2O/c1-8(2)11-6-10(7-14-13)9(3)5-12(11)15-4/h5-6,8,14H,7,13H2,1-4H3. The van der Waals surface area contributed by atoms with E-state index < -0.39 is 0 Å². The van der Waals surface area contributed by atoms with Crippen LogP contribution in [0.3, 0.4) is 0 Å². The second-order valence-corrected chi connectivity index (χ2v) is 4.06. The quantitative estimate of drug-likeness (QED) is 0.588. The van der Waals surface area contributed by atoms with Gasteiger partial charge in [-0.25, -0.2) is 0 Å². The van der Waals surface area contributed by atoms with Gasteiger partial charge >= 0.3 is 0 Å². The monoisotopic (exact) mass is 208 g/mol. The topological polar surface area (TPSA) is 47.3 Å². The van der Waals surface area contributed by atoms with Crippen molar-refractivity contribution in [2.24, 2.45) is 5.84 Å². The summed E-state index contributed by atoms with van der Waals surface area (Å²) in [7, 11) is 1.71. The number of ether oxygens (including phenoxy) is 1. The van der Waals surface area contributed by atoms with Crippen molar-refractivity contribution in [1.82, 2.24) is 5.43 Å². The molecule has 0 unspecified atom stereocenters. The Balaban J connectivity index is 3.17. The fraction of sp³-hybridized carbons (Fsp3) is 0.500. The molecule has 0 radical (unpaired) electrons. The van der Waals surface area contributed by atoms with E-state index in [0.717, 1.165) is 5.75 Å². The summed E-state index contributed by atoms with van der Waals surface area (Å²) in [5, 5.41) is 0. The minimum Gasteiger partial charge on any atom is -0.496 e. The first-order valence-corrected chi connectivity index (χ1v) is 5.21. The molecule has 3 N–H and O–H groups in total. The molecule has 1 rings (SSSR count). The number of methoxy groups -OCH3 is 1. The van der Waals surface area contributed by atoms with Gasteiger partial charge < -0.3 is 4.74 Å². The van der Waals surface area contributed by atoms with Gasteiger partial charge in [0.2, 0.25) is 0 Å². The molecule has 0 amide bonds. The minimum absolute atomic E-state index is 0.456. The Bertz CT molecular complexity index is 335. The zero-order valence-corrected chi connectivity index (χ0v) is 9.92. The first-order chi connectivity index (χ1) is 7.10. The van der Waals surface area contributed by atoms with E-state index in [4.69, 9.17) is 10.6 Å². The Morgan fingerprint density at radius 1 is 1.40 bits per heavy atom. The normalized spacial score (nSPS) is 10.8. The Morgan fingerprint density at radius 3 is 2.53 bits per heavy atom. The molecule has 0 aliphatic rings. The Morgan fingerprint density at radius 2 is 2.07 bits per heavy atom. The van der Waals surface area contributed by atoms with Gasteiger partial charge in [-0.3, -0.25) is 11.3 Å². The number of benzene rings is 1. The van der Waals surface area contributed by atoms with E-state index in [0.29, 0.717) is 12.5 Å². The van der Waals surface area contributed by atoms with Crippen molar-refractivity contribution in [3.05, 3.63) is 28.8 Å². The molecule has 0 heterocycles. The van der Waals surface area contributed by atoms with Gasteiger partial charge in [0.05, 0.1) is 7.11 Å². The van der Waals surface area contributed by atoms with Crippen LogP contribution < -0.4 is 16.0 Å². The van der Waals surface area contributed by atoms with Crippen LogP contribution in [-0.2, 0) is 6.54 Å². The van der Waals surface area contributed by atoms with Gasteiger partial charge in [0.15, 0.2) is 0 Å². The molecule has 0 saturated heterocycles. The summed E-state index contributed by atoms with van der Waals surface area (Å²) >= 11 is 0. The van der Waals surface area contributed by atoms with Gasteiger partial charge in [-0.2, -0.15) is 0 Å². The summed E-state index contributed by atoms with van der Waals surface area (Å²) in [6.07, 6.45) is 0. The van der Waals surface area contributed by atoms with Crippen molar-refractivity contribution >= 4 is 0 Å². The van der Waals surface area contributed by atoms with Crippen LogP contribution >= 0.6 is 0 Å². The van der Waals surface area contributed by atoms with Crippen molar-refractivity contribution in [3.8, 4) is 5.75 Å². The Kier molecular flexibility index (Phi) is 4.12. The zero-order chi connectivity index (χ0) is 11.4. The third kappa shape index (κ3) is 2.70. The molecule has 15 heavy (non-hydrogen) atoms. The van der Waals surface area contributed by atoms with Crippen LogP contribution in [-0.4, -0.2) is 7.11 Å². The van der Waals surface area contributed by atoms with Crippen LogP contribution in [0.15, 0.2) is 12.1 Å². The number of hydrazine groups is 1. The molecule has 0 spiro atoms. The third-order valence-electron chi connectivity index (χ3n) is 2.60. The SMILES string of the molecule is COc1cc(C)c(CNN)cc1C(C)C. The van der Waals surface area contributed by atoms with Crippen LogP contribution in [0, 0.1) is 6.92 Å². The summed E-state index contributed by atoms with van der Waals surface area (Å²) in [6, 6.07) is 4.24. The average Bonchev–Trinajstić information content (AvgIpc) is 2.20. The lowest BCUT2D eigenvalue weighted by molar-refractivity contribution is 0.407. The predicted molar refractivity (Wildman–Crippen MR) is 62.8 cm³/mol. The van der Waals surface area contributed by atoms with E-state index in [2.05, 4.69) is 38.3 Å². The number of nitrogens with one attached hydrogen (secondary N) is 1. The number of hydrogen-bond acceptors (Lipinski definition) is 3. The first-order valence-electron chi connectivity index (χ1n) is 5.21. The van der Waals surface area contributed by atoms with Gasteiger partial charge in [-0.1, -0.05) is 19.9 Å². The lowest BCUT2D eigenvalue weighted by atomic mass is 9.96. The molecule has 3 heteroatoms. The molecule has 84 valence electrons. The van der Waals surface area contributed by atoms with Gasteiger partial charge in [-0.15, -0.1) is 0 Å². The van der Waals surface area contributed by atoms with Crippen LogP contribution in [0.25, 0.3) is 0 Å². The molecule has 1 aromatic carbocycles. The second kappa shape index (κ2) is 5.14. The molecule has 0 aliphatic carbocycles. The van der Waals surface area contributed by atoms with Crippen molar-refractivity contribution < 1.29 is 4.74 Å². The summed E-state index contributed by atoms with van der Waals surface area (Å²) in [5.41, 5.74) is 6.34. The van der Waals surface area contributed by atoms with Crippen molar-refractivity contribution in [2.45, 2.75) is 33.2 Å². The smallest absolute Gasteiger partial charge is 0.122 e. The summed E-state index contributed by atoms with van der Waals surface area (Å²) < 4.78 is 5.37. The highest BCUT2D eigenvalue weighted by Gasteiger charge is 2.10. The fourth-order valence-electron chi connectivity index (χ4n) is 1.67. The Labute approximate surface area is 91.6 Å². The molecule has 3 nitrogen and oxygen atoms in total. The second-order valence-electron chi connectivity index (χ2n) is 4.06. The highest BCUT2D eigenvalue weighted by Crippen LogP contribution is 2.29. The van der Waals surface area contributed by atoms with Crippen LogP contribution in [0.2, 0.25) is 0 Å². The maximum absolute atomic E-state index is 5.37. The molecule has 0 bridgehead atoms. The molecule has 0 aromatic heterocycles. The molecule has 0 fully saturated rings. The van der Waals surface area contributed by atoms with Crippen molar-refractivity contribution in [3.63, 3.8) is 0 Å². The van der Waals surface area contributed by atoms with E-state index in [-0.39, 0.29) is 0 Å². The van der Waals surface area contributed by atoms with E-state index in [9.17, 15) is 0 Å². The van der Waals surface area contributed by atoms with E-state index >= 15 is 0 Å². The van der Waals surface area contributed by atoms with E-state index in [1.807, 2.05) is 0 Å². The largest absolute Gasteiger partial charge is 0.496 e. The Hall–Kier alpha value is -1.06. The molecule has 0 aliphatic heterocycles. The first kappa shape index (κ1) is 12.0. The number of nitrogens with two attached hydrogens (primary N) is 1. The van der Waals surface area contributed by atoms with Crippen LogP contribution in [0.1, 0.15) is 36.5 Å². The third-order valence-corrected chi connectivity index (χ3v) is 2.60. The maximum atomic E-state index is 5.37. The molecule has 0 atom stereocenters. The maximum Gasteiger partial charge on any atom is 0.122 e. The lowest BCUT2D eigenvalue weighted by Gasteiger charge is -2.15. The van der Waals surface area contributed by atoms with Gasteiger partial charge in [0.25, 0.3) is 0 Å².